The quantitative estimate of drug-likeness (QED) is 0.642. The largest absolute Gasteiger partial charge is 0.490 e. The van der Waals surface area contributed by atoms with Crippen LogP contribution in [0.15, 0.2) is 41.3 Å². The summed E-state index contributed by atoms with van der Waals surface area (Å²) in [5.74, 6) is -3.51. The first-order chi connectivity index (χ1) is 15.0. The minimum absolute atomic E-state index is 0.0420. The van der Waals surface area contributed by atoms with Gasteiger partial charge in [-0.25, -0.2) is 17.2 Å². The van der Waals surface area contributed by atoms with Gasteiger partial charge in [0.15, 0.2) is 21.4 Å². The highest BCUT2D eigenvalue weighted by molar-refractivity contribution is 7.92. The van der Waals surface area contributed by atoms with Crippen molar-refractivity contribution < 1.29 is 40.2 Å². The second-order valence-corrected chi connectivity index (χ2v) is 10.4. The van der Waals surface area contributed by atoms with Crippen LogP contribution in [-0.2, 0) is 20.8 Å². The zero-order valence-corrected chi connectivity index (χ0v) is 17.6. The summed E-state index contributed by atoms with van der Waals surface area (Å²) in [5.41, 5.74) is -1.44. The molecule has 1 aliphatic heterocycles. The van der Waals surface area contributed by atoms with Crippen molar-refractivity contribution in [3.63, 3.8) is 0 Å². The number of sulfone groups is 1. The van der Waals surface area contributed by atoms with Crippen LogP contribution in [0.3, 0.4) is 0 Å². The number of fused-ring (bicyclic) bond motifs is 3. The van der Waals surface area contributed by atoms with Crippen LogP contribution in [-0.4, -0.2) is 26.7 Å². The number of aliphatic hydroxyl groups excluding tert-OH is 1. The number of benzene rings is 2. The number of ether oxygens (including phenoxy) is 1. The fraction of sp³-hybridized carbons (Fsp3) is 0.455. The highest BCUT2D eigenvalue weighted by atomic mass is 32.2. The van der Waals surface area contributed by atoms with Crippen LogP contribution in [0.2, 0.25) is 0 Å². The second-order valence-electron chi connectivity index (χ2n) is 8.23. The molecule has 1 heterocycles. The Kier molecular flexibility index (Phi) is 5.73. The molecule has 2 aliphatic rings. The van der Waals surface area contributed by atoms with E-state index in [0.717, 1.165) is 24.3 Å². The van der Waals surface area contributed by atoms with E-state index >= 15 is 4.39 Å². The van der Waals surface area contributed by atoms with Gasteiger partial charge in [-0.3, -0.25) is 0 Å². The molecule has 0 aromatic heterocycles. The lowest BCUT2D eigenvalue weighted by atomic mass is 9.66. The van der Waals surface area contributed by atoms with E-state index in [2.05, 4.69) is 0 Å². The minimum Gasteiger partial charge on any atom is -0.490 e. The summed E-state index contributed by atoms with van der Waals surface area (Å²) >= 11 is 0. The predicted molar refractivity (Wildman–Crippen MR) is 105 cm³/mol. The first-order valence-electron chi connectivity index (χ1n) is 10.2. The van der Waals surface area contributed by atoms with E-state index in [-0.39, 0.29) is 32.0 Å². The van der Waals surface area contributed by atoms with E-state index in [0.29, 0.717) is 25.0 Å². The van der Waals surface area contributed by atoms with Crippen molar-refractivity contribution in [3.8, 4) is 5.75 Å². The van der Waals surface area contributed by atoms with Gasteiger partial charge in [-0.15, -0.1) is 0 Å². The summed E-state index contributed by atoms with van der Waals surface area (Å²) in [6, 6.07) is 4.71. The van der Waals surface area contributed by atoms with Gasteiger partial charge in [-0.1, -0.05) is 6.42 Å². The monoisotopic (exact) mass is 476 g/mol. The normalized spacial score (nSPS) is 25.6. The van der Waals surface area contributed by atoms with Crippen molar-refractivity contribution >= 4 is 9.84 Å². The lowest BCUT2D eigenvalue weighted by Crippen LogP contribution is -2.54. The lowest BCUT2D eigenvalue weighted by Gasteiger charge is -2.50. The Labute approximate surface area is 181 Å². The van der Waals surface area contributed by atoms with Crippen molar-refractivity contribution in [1.29, 1.82) is 0 Å². The Bertz CT molecular complexity index is 1110. The molecule has 32 heavy (non-hydrogen) atoms. The predicted octanol–water partition coefficient (Wildman–Crippen LogP) is 4.84. The van der Waals surface area contributed by atoms with E-state index in [1.165, 1.54) is 0 Å². The van der Waals surface area contributed by atoms with Gasteiger partial charge in [0.05, 0.1) is 22.6 Å². The second kappa shape index (κ2) is 7.98. The number of hydrogen-bond donors (Lipinski definition) is 1. The van der Waals surface area contributed by atoms with Gasteiger partial charge < -0.3 is 9.84 Å². The van der Waals surface area contributed by atoms with Gasteiger partial charge in [-0.2, -0.15) is 13.2 Å². The van der Waals surface area contributed by atoms with Crippen LogP contribution in [0.1, 0.15) is 36.8 Å². The molecular weight excluding hydrogens is 455 g/mol. The third kappa shape index (κ3) is 3.39. The zero-order valence-electron chi connectivity index (χ0n) is 16.8. The first kappa shape index (κ1) is 23.0. The van der Waals surface area contributed by atoms with Crippen LogP contribution in [0.4, 0.5) is 22.0 Å². The van der Waals surface area contributed by atoms with Gasteiger partial charge in [-0.05, 0) is 61.6 Å². The molecule has 4 rings (SSSR count). The van der Waals surface area contributed by atoms with Gasteiger partial charge in [0, 0.05) is 12.5 Å². The molecule has 2 aromatic rings. The number of hydrogen-bond acceptors (Lipinski definition) is 4. The van der Waals surface area contributed by atoms with E-state index in [1.54, 1.807) is 0 Å². The highest BCUT2D eigenvalue weighted by Crippen LogP contribution is 2.58. The van der Waals surface area contributed by atoms with Crippen LogP contribution in [0.5, 0.6) is 5.75 Å². The Hall–Kier alpha value is -2.20. The van der Waals surface area contributed by atoms with E-state index in [4.69, 9.17) is 4.74 Å². The van der Waals surface area contributed by atoms with Crippen molar-refractivity contribution in [2.75, 3.05) is 13.2 Å². The molecule has 3 atom stereocenters. The molecule has 10 heteroatoms. The molecule has 0 unspecified atom stereocenters. The molecule has 1 saturated carbocycles. The number of alkyl halides is 3. The maximum Gasteiger partial charge on any atom is 0.416 e. The standard InChI is InChI=1S/C22H21F5O4S/c23-17-7-8-18(24)20-19(17)21(10-1-2-13(9-11-28)16(21)12-31-20)32(29,30)15-5-3-14(4-6-15)22(25,26)27/h3-8,13,16,28H,1-2,9-12H2/t13-,16-,21-/m0/s1. The number of aliphatic hydroxyl groups is 1. The summed E-state index contributed by atoms with van der Waals surface area (Å²) in [5, 5.41) is 9.48. The molecule has 0 amide bonds. The molecule has 4 nitrogen and oxygen atoms in total. The molecule has 1 aliphatic carbocycles. The third-order valence-electron chi connectivity index (χ3n) is 6.65. The maximum atomic E-state index is 15.1. The fourth-order valence-corrected chi connectivity index (χ4v) is 7.68. The molecule has 1 fully saturated rings. The third-order valence-corrected chi connectivity index (χ3v) is 9.21. The van der Waals surface area contributed by atoms with Gasteiger partial charge in [0.25, 0.3) is 0 Å². The zero-order chi connectivity index (χ0) is 23.3. The topological polar surface area (TPSA) is 63.6 Å². The molecular formula is C22H21F5O4S. The Morgan fingerprint density at radius 1 is 1.06 bits per heavy atom. The Morgan fingerprint density at radius 3 is 2.34 bits per heavy atom. The van der Waals surface area contributed by atoms with Crippen molar-refractivity contribution in [2.24, 2.45) is 11.8 Å². The van der Waals surface area contributed by atoms with Crippen molar-refractivity contribution in [1.82, 2.24) is 0 Å². The molecule has 174 valence electrons. The Balaban J connectivity index is 1.96. The van der Waals surface area contributed by atoms with E-state index in [1.807, 2.05) is 0 Å². The summed E-state index contributed by atoms with van der Waals surface area (Å²) in [6.45, 7) is -0.437. The molecule has 0 spiro atoms. The maximum absolute atomic E-state index is 15.1. The first-order valence-corrected chi connectivity index (χ1v) is 11.7. The van der Waals surface area contributed by atoms with Crippen LogP contribution < -0.4 is 4.74 Å². The van der Waals surface area contributed by atoms with Crippen molar-refractivity contribution in [2.45, 2.75) is 41.5 Å². The lowest BCUT2D eigenvalue weighted by molar-refractivity contribution is -0.137. The van der Waals surface area contributed by atoms with Crippen LogP contribution >= 0.6 is 0 Å². The molecule has 0 bridgehead atoms. The summed E-state index contributed by atoms with van der Waals surface area (Å²) < 4.78 is 100. The van der Waals surface area contributed by atoms with Gasteiger partial charge >= 0.3 is 6.18 Å². The van der Waals surface area contributed by atoms with Crippen LogP contribution in [0, 0.1) is 23.5 Å². The van der Waals surface area contributed by atoms with E-state index in [9.17, 15) is 31.1 Å². The van der Waals surface area contributed by atoms with Crippen molar-refractivity contribution in [3.05, 3.63) is 59.2 Å². The van der Waals surface area contributed by atoms with E-state index < -0.39 is 60.1 Å². The smallest absolute Gasteiger partial charge is 0.416 e. The van der Waals surface area contributed by atoms with Crippen LogP contribution in [0.25, 0.3) is 0 Å². The molecule has 0 radical (unpaired) electrons. The van der Waals surface area contributed by atoms with Gasteiger partial charge in [0.1, 0.15) is 10.6 Å². The number of halogens is 5. The number of rotatable bonds is 4. The average Bonchev–Trinajstić information content (AvgIpc) is 2.75. The SMILES string of the molecule is O=S(=O)(c1ccc(C(F)(F)F)cc1)[C@@]12CCC[C@@H](CCO)[C@@H]1COc1c(F)ccc(F)c12. The summed E-state index contributed by atoms with van der Waals surface area (Å²) in [7, 11) is -4.49. The molecule has 1 N–H and O–H groups in total. The fourth-order valence-electron chi connectivity index (χ4n) is 5.23. The Morgan fingerprint density at radius 2 is 1.72 bits per heavy atom. The van der Waals surface area contributed by atoms with Gasteiger partial charge in [0.2, 0.25) is 0 Å². The summed E-state index contributed by atoms with van der Waals surface area (Å²) in [4.78, 5) is -0.406. The minimum atomic E-state index is -4.65. The molecule has 0 saturated heterocycles. The summed E-state index contributed by atoms with van der Waals surface area (Å²) in [6.07, 6.45) is -3.54. The average molecular weight is 476 g/mol. The molecule has 2 aromatic carbocycles. The highest BCUT2D eigenvalue weighted by Gasteiger charge is 2.60.